The van der Waals surface area contributed by atoms with E-state index in [-0.39, 0.29) is 17.9 Å². The van der Waals surface area contributed by atoms with Gasteiger partial charge in [-0.3, -0.25) is 30.6 Å². The first-order chi connectivity index (χ1) is 12.4. The fourth-order valence-electron chi connectivity index (χ4n) is 1.93. The molecule has 8 nitrogen and oxygen atoms in total. The van der Waals surface area contributed by atoms with Gasteiger partial charge in [0.15, 0.2) is 12.4 Å². The van der Waals surface area contributed by atoms with Gasteiger partial charge in [0.2, 0.25) is 5.91 Å². The third-order valence-corrected chi connectivity index (χ3v) is 3.85. The molecule has 0 aliphatic carbocycles. The largest absolute Gasteiger partial charge is 0.477 e. The van der Waals surface area contributed by atoms with E-state index in [0.717, 1.165) is 0 Å². The Balaban J connectivity index is 1.80. The van der Waals surface area contributed by atoms with E-state index in [0.29, 0.717) is 15.6 Å². The van der Waals surface area contributed by atoms with Gasteiger partial charge in [-0.2, -0.15) is 0 Å². The van der Waals surface area contributed by atoms with Crippen LogP contribution in [0.3, 0.4) is 0 Å². The number of hydrogen-bond acceptors (Lipinski definition) is 5. The number of carbonyl (C=O) groups is 2. The average molecular weight is 398 g/mol. The number of rotatable bonds is 6. The number of hydrogen-bond donors (Lipinski definition) is 2. The molecule has 2 aromatic carbocycles. The Morgan fingerprint density at radius 3 is 2.42 bits per heavy atom. The zero-order chi connectivity index (χ0) is 19.1. The van der Waals surface area contributed by atoms with E-state index in [1.807, 2.05) is 0 Å². The molecular formula is C16H13Cl2N3O5. The van der Waals surface area contributed by atoms with E-state index in [2.05, 4.69) is 10.9 Å². The third kappa shape index (κ3) is 5.61. The third-order valence-electron chi connectivity index (χ3n) is 3.11. The Kier molecular flexibility index (Phi) is 6.76. The molecule has 0 aliphatic heterocycles. The number of para-hydroxylation sites is 2. The summed E-state index contributed by atoms with van der Waals surface area (Å²) in [5.41, 5.74) is 4.72. The molecule has 0 bridgehead atoms. The van der Waals surface area contributed by atoms with Crippen molar-refractivity contribution >= 4 is 40.7 Å². The molecule has 2 N–H and O–H groups in total. The Labute approximate surface area is 158 Å². The lowest BCUT2D eigenvalue weighted by atomic mass is 10.1. The topological polar surface area (TPSA) is 111 Å². The van der Waals surface area contributed by atoms with Crippen molar-refractivity contribution in [2.45, 2.75) is 6.42 Å². The number of nitrogens with zero attached hydrogens (tertiary/aromatic N) is 1. The van der Waals surface area contributed by atoms with Crippen molar-refractivity contribution in [3.8, 4) is 5.75 Å². The molecule has 136 valence electrons. The summed E-state index contributed by atoms with van der Waals surface area (Å²) in [5, 5.41) is 11.5. The summed E-state index contributed by atoms with van der Waals surface area (Å²) in [6.45, 7) is -0.502. The van der Waals surface area contributed by atoms with Gasteiger partial charge in [-0.25, -0.2) is 0 Å². The van der Waals surface area contributed by atoms with Crippen LogP contribution in [0.2, 0.25) is 10.0 Å². The second-order valence-corrected chi connectivity index (χ2v) is 5.85. The van der Waals surface area contributed by atoms with Gasteiger partial charge in [0.1, 0.15) is 0 Å². The maximum atomic E-state index is 11.8. The molecule has 0 radical (unpaired) electrons. The molecule has 0 atom stereocenters. The number of hydrazine groups is 1. The number of nitrogens with one attached hydrogen (secondary N) is 2. The molecule has 26 heavy (non-hydrogen) atoms. The van der Waals surface area contributed by atoms with Crippen LogP contribution in [0.4, 0.5) is 5.69 Å². The van der Waals surface area contributed by atoms with E-state index in [1.165, 1.54) is 18.2 Å². The normalized spacial score (nSPS) is 10.1. The summed E-state index contributed by atoms with van der Waals surface area (Å²) in [6, 6.07) is 10.4. The van der Waals surface area contributed by atoms with Crippen LogP contribution in [0, 0.1) is 10.1 Å². The Morgan fingerprint density at radius 2 is 1.73 bits per heavy atom. The van der Waals surface area contributed by atoms with Gasteiger partial charge in [0.25, 0.3) is 5.91 Å². The maximum absolute atomic E-state index is 11.8. The Hall–Kier alpha value is -2.84. The van der Waals surface area contributed by atoms with Gasteiger partial charge in [-0.15, -0.1) is 0 Å². The molecule has 0 spiro atoms. The second kappa shape index (κ2) is 9.02. The van der Waals surface area contributed by atoms with Crippen LogP contribution >= 0.6 is 23.2 Å². The minimum absolute atomic E-state index is 0.0256. The van der Waals surface area contributed by atoms with E-state index in [9.17, 15) is 19.7 Å². The lowest BCUT2D eigenvalue weighted by molar-refractivity contribution is -0.385. The number of amides is 2. The quantitative estimate of drug-likeness (QED) is 0.574. The average Bonchev–Trinajstić information content (AvgIpc) is 2.61. The number of nitro groups is 1. The minimum Gasteiger partial charge on any atom is -0.477 e. The summed E-state index contributed by atoms with van der Waals surface area (Å²) in [7, 11) is 0. The summed E-state index contributed by atoms with van der Waals surface area (Å²) in [4.78, 5) is 33.7. The highest BCUT2D eigenvalue weighted by Gasteiger charge is 2.15. The van der Waals surface area contributed by atoms with Crippen LogP contribution in [0.5, 0.6) is 5.75 Å². The van der Waals surface area contributed by atoms with Crippen LogP contribution < -0.4 is 15.6 Å². The molecule has 0 aliphatic rings. The van der Waals surface area contributed by atoms with Crippen molar-refractivity contribution < 1.29 is 19.2 Å². The van der Waals surface area contributed by atoms with Crippen molar-refractivity contribution in [1.29, 1.82) is 0 Å². The SMILES string of the molecule is O=C(COc1ccccc1[N+](=O)[O-])NNC(=O)Cc1ccc(Cl)c(Cl)c1. The summed E-state index contributed by atoms with van der Waals surface area (Å²) in [5.74, 6) is -1.21. The Bertz CT molecular complexity index is 844. The molecule has 2 amide bonds. The smallest absolute Gasteiger partial charge is 0.310 e. The van der Waals surface area contributed by atoms with Gasteiger partial charge in [0, 0.05) is 6.07 Å². The molecule has 0 saturated heterocycles. The predicted molar refractivity (Wildman–Crippen MR) is 95.0 cm³/mol. The van der Waals surface area contributed by atoms with Gasteiger partial charge < -0.3 is 4.74 Å². The second-order valence-electron chi connectivity index (χ2n) is 5.04. The highest BCUT2D eigenvalue weighted by Crippen LogP contribution is 2.25. The highest BCUT2D eigenvalue weighted by atomic mass is 35.5. The molecule has 0 fully saturated rings. The molecular weight excluding hydrogens is 385 g/mol. The lowest BCUT2D eigenvalue weighted by Gasteiger charge is -2.09. The first-order valence-electron chi connectivity index (χ1n) is 7.24. The standard InChI is InChI=1S/C16H13Cl2N3O5/c17-11-6-5-10(7-12(11)18)8-15(22)19-20-16(23)9-26-14-4-2-1-3-13(14)21(24)25/h1-7H,8-9H2,(H,19,22)(H,20,23). The van der Waals surface area contributed by atoms with Gasteiger partial charge in [-0.1, -0.05) is 41.4 Å². The number of halogens is 2. The van der Waals surface area contributed by atoms with Gasteiger partial charge in [-0.05, 0) is 23.8 Å². The molecule has 0 unspecified atom stereocenters. The van der Waals surface area contributed by atoms with Crippen LogP contribution in [-0.2, 0) is 16.0 Å². The van der Waals surface area contributed by atoms with E-state index in [4.69, 9.17) is 27.9 Å². The maximum Gasteiger partial charge on any atom is 0.310 e. The van der Waals surface area contributed by atoms with Crippen molar-refractivity contribution in [3.63, 3.8) is 0 Å². The molecule has 2 rings (SSSR count). The van der Waals surface area contributed by atoms with E-state index >= 15 is 0 Å². The zero-order valence-electron chi connectivity index (χ0n) is 13.2. The van der Waals surface area contributed by atoms with E-state index in [1.54, 1.807) is 24.3 Å². The van der Waals surface area contributed by atoms with Crippen LogP contribution in [0.1, 0.15) is 5.56 Å². The molecule has 0 aromatic heterocycles. The summed E-state index contributed by atoms with van der Waals surface area (Å²) in [6.07, 6.45) is -0.0256. The molecule has 10 heteroatoms. The molecule has 0 saturated carbocycles. The minimum atomic E-state index is -0.675. The predicted octanol–water partition coefficient (Wildman–Crippen LogP) is 2.67. The number of ether oxygens (including phenoxy) is 1. The zero-order valence-corrected chi connectivity index (χ0v) is 14.7. The lowest BCUT2D eigenvalue weighted by Crippen LogP contribution is -2.44. The van der Waals surface area contributed by atoms with Crippen molar-refractivity contribution in [2.24, 2.45) is 0 Å². The van der Waals surface area contributed by atoms with Crippen molar-refractivity contribution in [1.82, 2.24) is 10.9 Å². The summed E-state index contributed by atoms with van der Waals surface area (Å²) < 4.78 is 5.10. The van der Waals surface area contributed by atoms with Crippen LogP contribution in [0.25, 0.3) is 0 Å². The van der Waals surface area contributed by atoms with Gasteiger partial charge in [0.05, 0.1) is 21.4 Å². The van der Waals surface area contributed by atoms with Crippen molar-refractivity contribution in [2.75, 3.05) is 6.61 Å². The monoisotopic (exact) mass is 397 g/mol. The molecule has 0 heterocycles. The van der Waals surface area contributed by atoms with Gasteiger partial charge >= 0.3 is 5.69 Å². The number of benzene rings is 2. The van der Waals surface area contributed by atoms with Crippen molar-refractivity contribution in [3.05, 3.63) is 68.2 Å². The van der Waals surface area contributed by atoms with Crippen LogP contribution in [-0.4, -0.2) is 23.3 Å². The fraction of sp³-hybridized carbons (Fsp3) is 0.125. The number of nitro benzene ring substituents is 1. The first kappa shape index (κ1) is 19.5. The van der Waals surface area contributed by atoms with E-state index < -0.39 is 23.3 Å². The highest BCUT2D eigenvalue weighted by molar-refractivity contribution is 6.42. The molecule has 2 aromatic rings. The Morgan fingerprint density at radius 1 is 1.04 bits per heavy atom. The first-order valence-corrected chi connectivity index (χ1v) is 8.00. The fourth-order valence-corrected chi connectivity index (χ4v) is 2.25. The number of carbonyl (C=O) groups excluding carboxylic acids is 2. The van der Waals surface area contributed by atoms with Crippen LogP contribution in [0.15, 0.2) is 42.5 Å². The summed E-state index contributed by atoms with van der Waals surface area (Å²) >= 11 is 11.7.